The first-order chi connectivity index (χ1) is 17.6. The van der Waals surface area contributed by atoms with Crippen LogP contribution >= 0.6 is 0 Å². The van der Waals surface area contributed by atoms with E-state index >= 15 is 0 Å². The van der Waals surface area contributed by atoms with Crippen LogP contribution in [-0.2, 0) is 26.3 Å². The molecule has 6 heteroatoms. The number of piperidine rings is 1. The number of carbonyl (C=O) groups is 3. The van der Waals surface area contributed by atoms with Crippen molar-refractivity contribution in [1.82, 2.24) is 9.80 Å². The van der Waals surface area contributed by atoms with Crippen molar-refractivity contribution in [3.8, 4) is 0 Å². The molecule has 0 atom stereocenters. The first kappa shape index (κ1) is 24.9. The fourth-order valence-corrected chi connectivity index (χ4v) is 8.94. The molecular weight excluding hydrogens is 464 g/mol. The molecule has 2 heterocycles. The Hall–Kier alpha value is -2.37. The summed E-state index contributed by atoms with van der Waals surface area (Å²) in [5.41, 5.74) is 1.21. The van der Waals surface area contributed by atoms with E-state index in [0.29, 0.717) is 24.9 Å². The summed E-state index contributed by atoms with van der Waals surface area (Å²) in [5.74, 6) is 3.31. The van der Waals surface area contributed by atoms with Gasteiger partial charge in [-0.05, 0) is 99.5 Å². The summed E-state index contributed by atoms with van der Waals surface area (Å²) in [7, 11) is 0. The molecule has 4 aliphatic carbocycles. The SMILES string of the molecule is CC(C)(CC(=O)N1Cc2ccccc2C2(CCN(C(=O)CC3C4CC5CC(C4)CC3C5)CC2)C1)C(=O)O. The molecule has 4 saturated carbocycles. The predicted octanol–water partition coefficient (Wildman–Crippen LogP) is 4.85. The van der Waals surface area contributed by atoms with Crippen molar-refractivity contribution in [3.05, 3.63) is 35.4 Å². The quantitative estimate of drug-likeness (QED) is 0.619. The van der Waals surface area contributed by atoms with Gasteiger partial charge in [0, 0.05) is 44.4 Å². The topological polar surface area (TPSA) is 77.9 Å². The van der Waals surface area contributed by atoms with Crippen LogP contribution in [0.25, 0.3) is 0 Å². The van der Waals surface area contributed by atoms with Crippen LogP contribution in [0.4, 0.5) is 0 Å². The molecule has 6 nitrogen and oxygen atoms in total. The first-order valence-electron chi connectivity index (χ1n) is 14.5. The third-order valence-corrected chi connectivity index (χ3v) is 10.9. The van der Waals surface area contributed by atoms with Gasteiger partial charge in [0.2, 0.25) is 11.8 Å². The summed E-state index contributed by atoms with van der Waals surface area (Å²) in [6.45, 7) is 5.85. The molecule has 0 aromatic heterocycles. The van der Waals surface area contributed by atoms with Gasteiger partial charge in [0.05, 0.1) is 5.41 Å². The van der Waals surface area contributed by atoms with Crippen molar-refractivity contribution in [2.24, 2.45) is 35.0 Å². The van der Waals surface area contributed by atoms with E-state index in [4.69, 9.17) is 0 Å². The van der Waals surface area contributed by atoms with Gasteiger partial charge in [-0.25, -0.2) is 0 Å². The zero-order valence-electron chi connectivity index (χ0n) is 22.5. The molecule has 2 aliphatic heterocycles. The Labute approximate surface area is 220 Å². The number of carboxylic acid groups (broad SMARTS) is 1. The molecule has 0 unspecified atom stereocenters. The number of nitrogens with zero attached hydrogens (tertiary/aromatic N) is 2. The van der Waals surface area contributed by atoms with Crippen LogP contribution in [0.5, 0.6) is 0 Å². The number of likely N-dealkylation sites (tertiary alicyclic amines) is 1. The largest absolute Gasteiger partial charge is 0.481 e. The lowest BCUT2D eigenvalue weighted by atomic mass is 9.51. The molecule has 0 radical (unpaired) electrons. The number of rotatable bonds is 5. The average Bonchev–Trinajstić information content (AvgIpc) is 2.86. The van der Waals surface area contributed by atoms with Gasteiger partial charge in [-0.15, -0.1) is 0 Å². The van der Waals surface area contributed by atoms with E-state index < -0.39 is 11.4 Å². The molecular formula is C31H42N2O4. The molecule has 37 heavy (non-hydrogen) atoms. The van der Waals surface area contributed by atoms with Gasteiger partial charge in [-0.3, -0.25) is 14.4 Å². The Morgan fingerprint density at radius 2 is 1.54 bits per heavy atom. The second-order valence-electron chi connectivity index (χ2n) is 13.7. The normalized spacial score (nSPS) is 31.9. The van der Waals surface area contributed by atoms with Crippen LogP contribution in [0.2, 0.25) is 0 Å². The zero-order chi connectivity index (χ0) is 25.9. The van der Waals surface area contributed by atoms with Gasteiger partial charge < -0.3 is 14.9 Å². The fourth-order valence-electron chi connectivity index (χ4n) is 8.94. The van der Waals surface area contributed by atoms with Crippen molar-refractivity contribution >= 4 is 17.8 Å². The van der Waals surface area contributed by atoms with E-state index in [1.807, 2.05) is 11.0 Å². The van der Waals surface area contributed by atoms with Gasteiger partial charge in [0.15, 0.2) is 0 Å². The zero-order valence-corrected chi connectivity index (χ0v) is 22.5. The lowest BCUT2D eigenvalue weighted by molar-refractivity contribution is -0.152. The van der Waals surface area contributed by atoms with Gasteiger partial charge >= 0.3 is 5.97 Å². The summed E-state index contributed by atoms with van der Waals surface area (Å²) >= 11 is 0. The fraction of sp³-hybridized carbons (Fsp3) is 0.710. The number of benzene rings is 1. The number of carboxylic acids is 1. The van der Waals surface area contributed by atoms with E-state index in [-0.39, 0.29) is 17.7 Å². The molecule has 6 aliphatic rings. The Bertz CT molecular complexity index is 1060. The monoisotopic (exact) mass is 506 g/mol. The maximum absolute atomic E-state index is 13.5. The van der Waals surface area contributed by atoms with Crippen molar-refractivity contribution in [3.63, 3.8) is 0 Å². The maximum atomic E-state index is 13.5. The summed E-state index contributed by atoms with van der Waals surface area (Å²) < 4.78 is 0. The van der Waals surface area contributed by atoms with E-state index in [1.165, 1.54) is 37.7 Å². The number of hydrogen-bond acceptors (Lipinski definition) is 3. The Morgan fingerprint density at radius 1 is 0.919 bits per heavy atom. The van der Waals surface area contributed by atoms with Gasteiger partial charge in [-0.2, -0.15) is 0 Å². The van der Waals surface area contributed by atoms with Gasteiger partial charge in [0.1, 0.15) is 0 Å². The van der Waals surface area contributed by atoms with E-state index in [9.17, 15) is 19.5 Å². The molecule has 7 rings (SSSR count). The second kappa shape index (κ2) is 9.13. The highest BCUT2D eigenvalue weighted by Gasteiger charge is 2.49. The molecule has 200 valence electrons. The minimum atomic E-state index is -1.09. The highest BCUT2D eigenvalue weighted by molar-refractivity contribution is 5.84. The second-order valence-corrected chi connectivity index (χ2v) is 13.7. The highest BCUT2D eigenvalue weighted by atomic mass is 16.4. The average molecular weight is 507 g/mol. The number of carbonyl (C=O) groups excluding carboxylic acids is 2. The summed E-state index contributed by atoms with van der Waals surface area (Å²) in [5, 5.41) is 9.55. The standard InChI is InChI=1S/C31H42N2O4/c1-30(2,29(36)37)17-28(35)33-18-22-5-3-4-6-26(22)31(19-33)7-9-32(10-8-31)27(34)16-25-23-12-20-11-21(14-23)15-24(25)13-20/h3-6,20-21,23-25H,7-19H2,1-2H3,(H,36,37). The van der Waals surface area contributed by atoms with Crippen LogP contribution in [-0.4, -0.2) is 52.3 Å². The number of hydrogen-bond donors (Lipinski definition) is 1. The van der Waals surface area contributed by atoms with Crippen molar-refractivity contribution < 1.29 is 19.5 Å². The Morgan fingerprint density at radius 3 is 2.16 bits per heavy atom. The lowest BCUT2D eigenvalue weighted by Gasteiger charge is -2.54. The Balaban J connectivity index is 1.14. The maximum Gasteiger partial charge on any atom is 0.309 e. The Kier molecular flexibility index (Phi) is 6.15. The third-order valence-electron chi connectivity index (χ3n) is 10.9. The van der Waals surface area contributed by atoms with Crippen LogP contribution in [0.15, 0.2) is 24.3 Å². The van der Waals surface area contributed by atoms with Gasteiger partial charge in [-0.1, -0.05) is 24.3 Å². The number of amides is 2. The molecule has 1 spiro atoms. The molecule has 1 saturated heterocycles. The predicted molar refractivity (Wildman–Crippen MR) is 141 cm³/mol. The minimum Gasteiger partial charge on any atom is -0.481 e. The van der Waals surface area contributed by atoms with Crippen molar-refractivity contribution in [1.29, 1.82) is 0 Å². The molecule has 5 fully saturated rings. The molecule has 1 aromatic carbocycles. The van der Waals surface area contributed by atoms with Crippen LogP contribution in [0.1, 0.15) is 82.8 Å². The first-order valence-corrected chi connectivity index (χ1v) is 14.5. The molecule has 2 amide bonds. The summed E-state index contributed by atoms with van der Waals surface area (Å²) in [6, 6.07) is 8.40. The smallest absolute Gasteiger partial charge is 0.309 e. The molecule has 4 bridgehead atoms. The van der Waals surface area contributed by atoms with Gasteiger partial charge in [0.25, 0.3) is 0 Å². The van der Waals surface area contributed by atoms with Crippen molar-refractivity contribution in [2.45, 2.75) is 83.6 Å². The summed E-state index contributed by atoms with van der Waals surface area (Å²) in [4.78, 5) is 42.4. The number of aliphatic carboxylic acids is 1. The summed E-state index contributed by atoms with van der Waals surface area (Å²) in [6.07, 6.45) is 9.29. The lowest BCUT2D eigenvalue weighted by Crippen LogP contribution is -2.55. The van der Waals surface area contributed by atoms with Crippen molar-refractivity contribution in [2.75, 3.05) is 19.6 Å². The molecule has 1 N–H and O–H groups in total. The van der Waals surface area contributed by atoms with E-state index in [0.717, 1.165) is 61.6 Å². The van der Waals surface area contributed by atoms with Crippen LogP contribution in [0.3, 0.4) is 0 Å². The molecule has 1 aromatic rings. The third kappa shape index (κ3) is 4.48. The van der Waals surface area contributed by atoms with E-state index in [2.05, 4.69) is 23.1 Å². The van der Waals surface area contributed by atoms with Crippen LogP contribution in [0, 0.1) is 35.0 Å². The van der Waals surface area contributed by atoms with E-state index in [1.54, 1.807) is 13.8 Å². The highest BCUT2D eigenvalue weighted by Crippen LogP contribution is 2.57. The number of fused-ring (bicyclic) bond motifs is 2. The minimum absolute atomic E-state index is 0.00335. The van der Waals surface area contributed by atoms with Crippen LogP contribution < -0.4 is 0 Å².